The number of amides is 1. The van der Waals surface area contributed by atoms with E-state index in [-0.39, 0.29) is 14.2 Å². The summed E-state index contributed by atoms with van der Waals surface area (Å²) in [6.45, 7) is 3.92. The van der Waals surface area contributed by atoms with Crippen LogP contribution in [0.25, 0.3) is 10.9 Å². The molecule has 0 radical (unpaired) electrons. The van der Waals surface area contributed by atoms with E-state index in [4.69, 9.17) is 11.6 Å². The molecule has 0 aliphatic heterocycles. The van der Waals surface area contributed by atoms with Crippen molar-refractivity contribution < 1.29 is 17.6 Å². The molecule has 0 aliphatic rings. The maximum atomic E-state index is 13.8. The standard InChI is InChI=1S/C21H21ClFN7O3S2/c1-2-24-8-9-25-17-10-13(23)6-7-14(17)20(31)28-16-4-3-5-18-15(16)11-27-30(18)29-35(32,33)21-26-12-19(22)34-21/h3-7,10-12,24-25,29H,2,8-9H2,1H3,(H,28,31). The lowest BCUT2D eigenvalue weighted by Gasteiger charge is -2.13. The monoisotopic (exact) mass is 537 g/mol. The number of sulfonamides is 1. The van der Waals surface area contributed by atoms with Gasteiger partial charge < -0.3 is 16.0 Å². The first-order valence-corrected chi connectivity index (χ1v) is 13.1. The molecule has 0 atom stereocenters. The van der Waals surface area contributed by atoms with Gasteiger partial charge in [-0.2, -0.15) is 23.1 Å². The molecular weight excluding hydrogens is 517 g/mol. The van der Waals surface area contributed by atoms with Crippen molar-refractivity contribution in [2.75, 3.05) is 35.1 Å². The molecule has 0 bridgehead atoms. The van der Waals surface area contributed by atoms with Crippen molar-refractivity contribution in [3.05, 3.63) is 64.5 Å². The number of halogens is 2. The number of carbonyl (C=O) groups excluding carboxylic acids is 1. The molecule has 35 heavy (non-hydrogen) atoms. The number of likely N-dealkylation sites (N-methyl/N-ethyl adjacent to an activating group) is 1. The zero-order valence-electron chi connectivity index (χ0n) is 18.4. The molecule has 0 aliphatic carbocycles. The molecule has 0 fully saturated rings. The number of hydrogen-bond acceptors (Lipinski definition) is 8. The highest BCUT2D eigenvalue weighted by Crippen LogP contribution is 2.26. The van der Waals surface area contributed by atoms with Crippen LogP contribution in [-0.4, -0.2) is 48.8 Å². The highest BCUT2D eigenvalue weighted by Gasteiger charge is 2.21. The Bertz CT molecular complexity index is 1470. The van der Waals surface area contributed by atoms with Gasteiger partial charge >= 0.3 is 10.0 Å². The highest BCUT2D eigenvalue weighted by molar-refractivity contribution is 7.94. The van der Waals surface area contributed by atoms with Crippen molar-refractivity contribution >= 4 is 61.1 Å². The number of thiazole rings is 1. The maximum absolute atomic E-state index is 13.8. The molecule has 14 heteroatoms. The van der Waals surface area contributed by atoms with Crippen LogP contribution < -0.4 is 20.8 Å². The number of anilines is 2. The number of nitrogens with one attached hydrogen (secondary N) is 4. The van der Waals surface area contributed by atoms with Crippen LogP contribution in [0, 0.1) is 5.82 Å². The fraction of sp³-hybridized carbons (Fsp3) is 0.190. The molecule has 2 heterocycles. The summed E-state index contributed by atoms with van der Waals surface area (Å²) in [5, 5.41) is 13.6. The summed E-state index contributed by atoms with van der Waals surface area (Å²) in [6, 6.07) is 8.81. The minimum Gasteiger partial charge on any atom is -0.383 e. The lowest BCUT2D eigenvalue weighted by atomic mass is 10.1. The summed E-state index contributed by atoms with van der Waals surface area (Å²) in [6.07, 6.45) is 2.66. The molecule has 0 unspecified atom stereocenters. The minimum absolute atomic E-state index is 0.207. The van der Waals surface area contributed by atoms with Gasteiger partial charge in [-0.05, 0) is 36.9 Å². The third kappa shape index (κ3) is 5.70. The molecule has 0 spiro atoms. The lowest BCUT2D eigenvalue weighted by molar-refractivity contribution is 0.102. The Morgan fingerprint density at radius 1 is 1.17 bits per heavy atom. The molecule has 184 valence electrons. The zero-order chi connectivity index (χ0) is 25.0. The van der Waals surface area contributed by atoms with Crippen molar-refractivity contribution in [2.24, 2.45) is 0 Å². The number of benzene rings is 2. The molecule has 2 aromatic heterocycles. The van der Waals surface area contributed by atoms with Crippen LogP contribution in [0.3, 0.4) is 0 Å². The Kier molecular flexibility index (Phi) is 7.50. The van der Waals surface area contributed by atoms with Crippen LogP contribution in [0.1, 0.15) is 17.3 Å². The number of carbonyl (C=O) groups is 1. The zero-order valence-corrected chi connectivity index (χ0v) is 20.8. The summed E-state index contributed by atoms with van der Waals surface area (Å²) in [5.74, 6) is -0.932. The average Bonchev–Trinajstić information content (AvgIpc) is 3.44. The van der Waals surface area contributed by atoms with Gasteiger partial charge in [0.2, 0.25) is 4.34 Å². The smallest absolute Gasteiger partial charge is 0.304 e. The van der Waals surface area contributed by atoms with Crippen molar-refractivity contribution in [3.8, 4) is 0 Å². The van der Waals surface area contributed by atoms with Crippen molar-refractivity contribution in [3.63, 3.8) is 0 Å². The van der Waals surface area contributed by atoms with Gasteiger partial charge in [-0.1, -0.05) is 35.9 Å². The maximum Gasteiger partial charge on any atom is 0.304 e. The van der Waals surface area contributed by atoms with Crippen LogP contribution in [0.4, 0.5) is 15.8 Å². The second-order valence-corrected chi connectivity index (χ2v) is 10.7. The quantitative estimate of drug-likeness (QED) is 0.228. The molecule has 0 saturated carbocycles. The molecule has 4 N–H and O–H groups in total. The predicted molar refractivity (Wildman–Crippen MR) is 135 cm³/mol. The summed E-state index contributed by atoms with van der Waals surface area (Å²) < 4.78 is 39.0. The first-order chi connectivity index (χ1) is 16.8. The van der Waals surface area contributed by atoms with E-state index in [0.29, 0.717) is 35.4 Å². The van der Waals surface area contributed by atoms with E-state index in [2.05, 4.69) is 30.9 Å². The fourth-order valence-corrected chi connectivity index (χ4v) is 5.51. The Morgan fingerprint density at radius 3 is 2.74 bits per heavy atom. The number of fused-ring (bicyclic) bond motifs is 1. The van der Waals surface area contributed by atoms with Gasteiger partial charge in [0, 0.05) is 24.2 Å². The third-order valence-electron chi connectivity index (χ3n) is 4.85. The van der Waals surface area contributed by atoms with Crippen LogP contribution in [0.2, 0.25) is 4.34 Å². The van der Waals surface area contributed by atoms with Crippen LogP contribution in [0.15, 0.2) is 53.1 Å². The van der Waals surface area contributed by atoms with E-state index in [1.165, 1.54) is 30.6 Å². The number of nitrogens with zero attached hydrogens (tertiary/aromatic N) is 3. The number of rotatable bonds is 10. The van der Waals surface area contributed by atoms with Crippen molar-refractivity contribution in [2.45, 2.75) is 11.3 Å². The Hall–Kier alpha value is -3.26. The van der Waals surface area contributed by atoms with E-state index < -0.39 is 21.7 Å². The van der Waals surface area contributed by atoms with E-state index in [1.807, 2.05) is 6.92 Å². The van der Waals surface area contributed by atoms with Crippen LogP contribution >= 0.6 is 22.9 Å². The molecule has 2 aromatic carbocycles. The van der Waals surface area contributed by atoms with Gasteiger partial charge in [0.05, 0.1) is 29.2 Å². The van der Waals surface area contributed by atoms with Gasteiger partial charge in [-0.15, -0.1) is 0 Å². The highest BCUT2D eigenvalue weighted by atomic mass is 35.5. The topological polar surface area (TPSA) is 130 Å². The largest absolute Gasteiger partial charge is 0.383 e. The van der Waals surface area contributed by atoms with Gasteiger partial charge in [-0.3, -0.25) is 4.79 Å². The minimum atomic E-state index is -4.02. The lowest BCUT2D eigenvalue weighted by Crippen LogP contribution is -2.24. The van der Waals surface area contributed by atoms with Gasteiger partial charge in [0.15, 0.2) is 0 Å². The summed E-state index contributed by atoms with van der Waals surface area (Å²) in [4.78, 5) is 20.2. The molecule has 1 amide bonds. The van der Waals surface area contributed by atoms with E-state index in [9.17, 15) is 17.6 Å². The first kappa shape index (κ1) is 24.9. The van der Waals surface area contributed by atoms with Gasteiger partial charge in [0.1, 0.15) is 10.2 Å². The Labute approximate surface area is 209 Å². The van der Waals surface area contributed by atoms with Crippen LogP contribution in [-0.2, 0) is 10.0 Å². The molecule has 0 saturated heterocycles. The number of aromatic nitrogens is 3. The molecule has 4 rings (SSSR count). The Balaban J connectivity index is 1.57. The van der Waals surface area contributed by atoms with Crippen LogP contribution in [0.5, 0.6) is 0 Å². The van der Waals surface area contributed by atoms with Gasteiger partial charge in [0.25, 0.3) is 5.91 Å². The second-order valence-electron chi connectivity index (χ2n) is 7.24. The normalized spacial score (nSPS) is 11.5. The van der Waals surface area contributed by atoms with Crippen molar-refractivity contribution in [1.29, 1.82) is 0 Å². The molecular formula is C21H21ClFN7O3S2. The summed E-state index contributed by atoms with van der Waals surface area (Å²) in [5.41, 5.74) is 1.42. The van der Waals surface area contributed by atoms with E-state index in [1.54, 1.807) is 18.2 Å². The summed E-state index contributed by atoms with van der Waals surface area (Å²) in [7, 11) is -4.02. The average molecular weight is 538 g/mol. The fourth-order valence-electron chi connectivity index (χ4n) is 3.26. The Morgan fingerprint density at radius 2 is 2.00 bits per heavy atom. The third-order valence-corrected chi connectivity index (χ3v) is 7.64. The molecule has 4 aromatic rings. The SMILES string of the molecule is CCNCCNc1cc(F)ccc1C(=O)Nc1cccc2c1cnn2NS(=O)(=O)c1ncc(Cl)s1. The second kappa shape index (κ2) is 10.6. The van der Waals surface area contributed by atoms with E-state index >= 15 is 0 Å². The summed E-state index contributed by atoms with van der Waals surface area (Å²) >= 11 is 6.61. The predicted octanol–water partition coefficient (Wildman–Crippen LogP) is 3.49. The molecule has 10 nitrogen and oxygen atoms in total. The van der Waals surface area contributed by atoms with E-state index in [0.717, 1.165) is 22.7 Å². The van der Waals surface area contributed by atoms with Crippen molar-refractivity contribution in [1.82, 2.24) is 20.2 Å². The first-order valence-electron chi connectivity index (χ1n) is 10.4. The van der Waals surface area contributed by atoms with Gasteiger partial charge in [-0.25, -0.2) is 9.37 Å². The number of hydrogen-bond donors (Lipinski definition) is 4.